The molecular formula is C13H21BrFN3O2. The average Bonchev–Trinajstić information content (AvgIpc) is 2.69. The number of carbonyl (C=O) groups excluding carboxylic acids is 1. The van der Waals surface area contributed by atoms with E-state index in [2.05, 4.69) is 25.9 Å². The van der Waals surface area contributed by atoms with Gasteiger partial charge in [0.2, 0.25) is 0 Å². The number of amides is 1. The summed E-state index contributed by atoms with van der Waals surface area (Å²) in [4.78, 5) is 20.7. The molecule has 20 heavy (non-hydrogen) atoms. The number of rotatable bonds is 4. The Morgan fingerprint density at radius 1 is 1.55 bits per heavy atom. The molecule has 2 atom stereocenters. The summed E-state index contributed by atoms with van der Waals surface area (Å²) in [5, 5.41) is 0. The van der Waals surface area contributed by atoms with Crippen LogP contribution in [0.3, 0.4) is 0 Å². The second-order valence-corrected chi connectivity index (χ2v) is 6.56. The third-order valence-corrected chi connectivity index (χ3v) is 2.91. The van der Waals surface area contributed by atoms with Gasteiger partial charge in [-0.25, -0.2) is 14.2 Å². The number of alkyl halides is 1. The van der Waals surface area contributed by atoms with Crippen LogP contribution in [-0.4, -0.2) is 39.3 Å². The van der Waals surface area contributed by atoms with Gasteiger partial charge in [0, 0.05) is 0 Å². The van der Waals surface area contributed by atoms with E-state index in [-0.39, 0.29) is 6.54 Å². The summed E-state index contributed by atoms with van der Waals surface area (Å²) >= 11 is 3.26. The van der Waals surface area contributed by atoms with Crippen molar-refractivity contribution in [2.24, 2.45) is 0 Å². The van der Waals surface area contributed by atoms with E-state index in [4.69, 9.17) is 4.74 Å². The fourth-order valence-electron chi connectivity index (χ4n) is 1.66. The summed E-state index contributed by atoms with van der Waals surface area (Å²) < 4.78 is 19.4. The van der Waals surface area contributed by atoms with Gasteiger partial charge in [0.1, 0.15) is 22.2 Å². The van der Waals surface area contributed by atoms with E-state index >= 15 is 0 Å². The van der Waals surface area contributed by atoms with E-state index in [1.165, 1.54) is 11.8 Å². The van der Waals surface area contributed by atoms with Gasteiger partial charge in [-0.05, 0) is 50.5 Å². The van der Waals surface area contributed by atoms with Crippen molar-refractivity contribution in [2.45, 2.75) is 52.4 Å². The van der Waals surface area contributed by atoms with Crippen molar-refractivity contribution in [1.82, 2.24) is 14.9 Å². The summed E-state index contributed by atoms with van der Waals surface area (Å²) in [7, 11) is 0. The normalized spacial score (nSPS) is 14.8. The molecule has 1 aromatic rings. The highest BCUT2D eigenvalue weighted by Crippen LogP contribution is 2.22. The minimum atomic E-state index is -1.15. The summed E-state index contributed by atoms with van der Waals surface area (Å²) in [6.07, 6.45) is -0.108. The van der Waals surface area contributed by atoms with E-state index in [9.17, 15) is 9.18 Å². The second-order valence-electron chi connectivity index (χ2n) is 5.71. The van der Waals surface area contributed by atoms with Crippen LogP contribution in [0, 0.1) is 0 Å². The lowest BCUT2D eigenvalue weighted by Gasteiger charge is -2.31. The van der Waals surface area contributed by atoms with Crippen LogP contribution in [0.25, 0.3) is 0 Å². The van der Waals surface area contributed by atoms with Crippen LogP contribution in [0.4, 0.5) is 9.18 Å². The molecule has 1 amide bonds. The van der Waals surface area contributed by atoms with Gasteiger partial charge in [0.25, 0.3) is 0 Å². The Morgan fingerprint density at radius 2 is 2.15 bits per heavy atom. The Balaban J connectivity index is 2.91. The summed E-state index contributed by atoms with van der Waals surface area (Å²) in [6.45, 7) is 8.45. The van der Waals surface area contributed by atoms with E-state index in [1.807, 2.05) is 0 Å². The molecule has 0 spiro atoms. The molecule has 0 unspecified atom stereocenters. The molecule has 0 bridgehead atoms. The zero-order chi connectivity index (χ0) is 15.5. The van der Waals surface area contributed by atoms with Gasteiger partial charge in [-0.1, -0.05) is 0 Å². The number of nitrogens with one attached hydrogen (secondary N) is 1. The quantitative estimate of drug-likeness (QED) is 0.898. The van der Waals surface area contributed by atoms with Crippen molar-refractivity contribution in [1.29, 1.82) is 0 Å². The Kier molecular flexibility index (Phi) is 5.56. The van der Waals surface area contributed by atoms with Crippen molar-refractivity contribution in [2.75, 3.05) is 6.54 Å². The molecule has 7 heteroatoms. The van der Waals surface area contributed by atoms with Gasteiger partial charge in [0.05, 0.1) is 18.8 Å². The smallest absolute Gasteiger partial charge is 0.410 e. The van der Waals surface area contributed by atoms with Crippen LogP contribution in [0.1, 0.15) is 46.5 Å². The number of aromatic nitrogens is 2. The molecular weight excluding hydrogens is 329 g/mol. The first kappa shape index (κ1) is 16.9. The summed E-state index contributed by atoms with van der Waals surface area (Å²) in [5.74, 6) is 0.573. The minimum Gasteiger partial charge on any atom is -0.444 e. The summed E-state index contributed by atoms with van der Waals surface area (Å²) in [5.41, 5.74) is -0.627. The molecule has 1 aromatic heterocycles. The van der Waals surface area contributed by atoms with Crippen molar-refractivity contribution in [3.05, 3.63) is 16.6 Å². The van der Waals surface area contributed by atoms with Crippen molar-refractivity contribution >= 4 is 22.0 Å². The van der Waals surface area contributed by atoms with Gasteiger partial charge in [-0.15, -0.1) is 0 Å². The topological polar surface area (TPSA) is 58.2 Å². The van der Waals surface area contributed by atoms with Crippen molar-refractivity contribution < 1.29 is 13.9 Å². The maximum atomic E-state index is 13.3. The number of H-pyrrole nitrogens is 1. The summed E-state index contributed by atoms with van der Waals surface area (Å²) in [6, 6.07) is -0.408. The largest absolute Gasteiger partial charge is 0.444 e. The van der Waals surface area contributed by atoms with Crippen molar-refractivity contribution in [3.8, 4) is 0 Å². The van der Waals surface area contributed by atoms with E-state index in [1.54, 1.807) is 33.9 Å². The van der Waals surface area contributed by atoms with Crippen LogP contribution in [0.15, 0.2) is 10.8 Å². The zero-order valence-corrected chi connectivity index (χ0v) is 14.0. The van der Waals surface area contributed by atoms with Crippen LogP contribution in [0.2, 0.25) is 0 Å². The Hall–Kier alpha value is -1.11. The molecule has 0 radical (unpaired) electrons. The van der Waals surface area contributed by atoms with Gasteiger partial charge in [-0.3, -0.25) is 4.90 Å². The first-order chi connectivity index (χ1) is 9.10. The number of carbonyl (C=O) groups is 1. The number of nitrogens with zero attached hydrogens (tertiary/aromatic N) is 2. The minimum absolute atomic E-state index is 0.0472. The third kappa shape index (κ3) is 5.11. The Labute approximate surface area is 127 Å². The molecule has 5 nitrogen and oxygen atoms in total. The van der Waals surface area contributed by atoms with E-state index in [0.29, 0.717) is 10.4 Å². The number of hydrogen-bond acceptors (Lipinski definition) is 3. The van der Waals surface area contributed by atoms with Gasteiger partial charge in [-0.2, -0.15) is 0 Å². The predicted octanol–water partition coefficient (Wildman–Crippen LogP) is 3.83. The molecule has 0 aliphatic rings. The number of ether oxygens (including phenoxy) is 1. The maximum absolute atomic E-state index is 13.3. The molecule has 1 N–H and O–H groups in total. The van der Waals surface area contributed by atoms with Crippen LogP contribution in [0.5, 0.6) is 0 Å². The van der Waals surface area contributed by atoms with E-state index < -0.39 is 23.9 Å². The molecule has 0 saturated carbocycles. The lowest BCUT2D eigenvalue weighted by Crippen LogP contribution is -2.41. The molecule has 0 aliphatic heterocycles. The van der Waals surface area contributed by atoms with Crippen LogP contribution in [-0.2, 0) is 4.74 Å². The first-order valence-corrected chi connectivity index (χ1v) is 7.23. The van der Waals surface area contributed by atoms with Crippen molar-refractivity contribution in [3.63, 3.8) is 0 Å². The Morgan fingerprint density at radius 3 is 2.55 bits per heavy atom. The highest BCUT2D eigenvalue weighted by atomic mass is 79.9. The molecule has 0 aromatic carbocycles. The van der Waals surface area contributed by atoms with Crippen LogP contribution >= 0.6 is 15.9 Å². The fourth-order valence-corrected chi connectivity index (χ4v) is 1.96. The highest BCUT2D eigenvalue weighted by Gasteiger charge is 2.29. The zero-order valence-electron chi connectivity index (χ0n) is 12.4. The standard InChI is InChI=1S/C13H21BrFN3O2/c1-8(15)7-18(12(19)20-13(3,4)5)9(2)11-16-6-10(14)17-11/h6,8-9H,7H2,1-5H3,(H,16,17)/t8-,9+/m1/s1. The highest BCUT2D eigenvalue weighted by molar-refractivity contribution is 9.10. The SMILES string of the molecule is C[C@@H](F)CN(C(=O)OC(C)(C)C)[C@@H](C)c1ncc(Br)[nH]1. The lowest BCUT2D eigenvalue weighted by molar-refractivity contribution is 0.0118. The number of aromatic amines is 1. The third-order valence-electron chi connectivity index (χ3n) is 2.50. The maximum Gasteiger partial charge on any atom is 0.410 e. The fraction of sp³-hybridized carbons (Fsp3) is 0.692. The lowest BCUT2D eigenvalue weighted by atomic mass is 10.2. The molecule has 0 aliphatic carbocycles. The number of hydrogen-bond donors (Lipinski definition) is 1. The first-order valence-electron chi connectivity index (χ1n) is 6.44. The van der Waals surface area contributed by atoms with Gasteiger partial charge in [0.15, 0.2) is 0 Å². The van der Waals surface area contributed by atoms with Gasteiger partial charge < -0.3 is 9.72 Å². The van der Waals surface area contributed by atoms with Gasteiger partial charge >= 0.3 is 6.09 Å². The monoisotopic (exact) mass is 349 g/mol. The molecule has 1 heterocycles. The average molecular weight is 350 g/mol. The number of imidazole rings is 1. The molecule has 114 valence electrons. The van der Waals surface area contributed by atoms with E-state index in [0.717, 1.165) is 0 Å². The second kappa shape index (κ2) is 6.56. The molecule has 0 fully saturated rings. The molecule has 1 rings (SSSR count). The Bertz CT molecular complexity index is 457. The number of halogens is 2. The predicted molar refractivity (Wildman–Crippen MR) is 78.2 cm³/mol. The molecule has 0 saturated heterocycles. The van der Waals surface area contributed by atoms with Crippen LogP contribution < -0.4 is 0 Å².